The molecule has 132 valence electrons. The van der Waals surface area contributed by atoms with Gasteiger partial charge in [-0.25, -0.2) is 4.39 Å². The Morgan fingerprint density at radius 3 is 2.92 bits per heavy atom. The first-order valence-corrected chi connectivity index (χ1v) is 8.66. The normalized spacial score (nSPS) is 26.4. The molecule has 1 amide bonds. The van der Waals surface area contributed by atoms with E-state index in [1.165, 1.54) is 12.1 Å². The fraction of sp³-hybridized carbons (Fsp3) is 0.611. The number of benzene rings is 1. The number of hydrogen-bond donors (Lipinski definition) is 1. The second kappa shape index (κ2) is 7.59. The Labute approximate surface area is 142 Å². The van der Waals surface area contributed by atoms with Crippen molar-refractivity contribution in [1.29, 1.82) is 0 Å². The van der Waals surface area contributed by atoms with E-state index in [1.807, 2.05) is 6.92 Å². The van der Waals surface area contributed by atoms with Crippen molar-refractivity contribution < 1.29 is 13.9 Å². The Hall–Kier alpha value is -1.50. The summed E-state index contributed by atoms with van der Waals surface area (Å²) in [6.07, 6.45) is 0.263. The minimum absolute atomic E-state index is 0.00584. The number of hydrogen-bond acceptors (Lipinski definition) is 4. The summed E-state index contributed by atoms with van der Waals surface area (Å²) >= 11 is 0. The first kappa shape index (κ1) is 17.3. The number of morpholine rings is 1. The summed E-state index contributed by atoms with van der Waals surface area (Å²) in [6.45, 7) is 9.79. The van der Waals surface area contributed by atoms with Crippen LogP contribution < -0.4 is 5.32 Å². The molecule has 0 radical (unpaired) electrons. The Bertz CT molecular complexity index is 596. The molecule has 0 bridgehead atoms. The van der Waals surface area contributed by atoms with Gasteiger partial charge in [0, 0.05) is 39.3 Å². The number of piperazine rings is 1. The maximum absolute atomic E-state index is 13.4. The number of nitrogens with zero attached hydrogens (tertiary/aromatic N) is 2. The lowest BCUT2D eigenvalue weighted by Gasteiger charge is -2.38. The van der Waals surface area contributed by atoms with Gasteiger partial charge in [0.05, 0.1) is 12.7 Å². The van der Waals surface area contributed by atoms with Crippen LogP contribution in [0.15, 0.2) is 18.2 Å². The van der Waals surface area contributed by atoms with Gasteiger partial charge in [-0.05, 0) is 37.1 Å². The smallest absolute Gasteiger partial charge is 0.242 e. The molecule has 2 fully saturated rings. The second-order valence-corrected chi connectivity index (χ2v) is 6.71. The zero-order valence-corrected chi connectivity index (χ0v) is 14.4. The van der Waals surface area contributed by atoms with Gasteiger partial charge in [0.2, 0.25) is 5.91 Å². The summed E-state index contributed by atoms with van der Waals surface area (Å²) in [5, 5.41) is 2.94. The summed E-state index contributed by atoms with van der Waals surface area (Å²) in [5.41, 5.74) is 1.71. The summed E-state index contributed by atoms with van der Waals surface area (Å²) in [7, 11) is 0. The van der Waals surface area contributed by atoms with Crippen molar-refractivity contribution in [1.82, 2.24) is 15.1 Å². The van der Waals surface area contributed by atoms with Crippen LogP contribution in [0.4, 0.5) is 4.39 Å². The van der Waals surface area contributed by atoms with Crippen LogP contribution in [0.25, 0.3) is 0 Å². The predicted molar refractivity (Wildman–Crippen MR) is 90.3 cm³/mol. The van der Waals surface area contributed by atoms with Crippen molar-refractivity contribution in [3.05, 3.63) is 35.1 Å². The van der Waals surface area contributed by atoms with Crippen LogP contribution in [0, 0.1) is 12.7 Å². The first-order chi connectivity index (χ1) is 11.5. The zero-order chi connectivity index (χ0) is 17.1. The molecule has 0 unspecified atom stereocenters. The number of rotatable bonds is 4. The quantitative estimate of drug-likeness (QED) is 0.902. The highest BCUT2D eigenvalue weighted by Crippen LogP contribution is 2.26. The monoisotopic (exact) mass is 335 g/mol. The van der Waals surface area contributed by atoms with Crippen LogP contribution in [0.1, 0.15) is 24.1 Å². The third-order valence-electron chi connectivity index (χ3n) is 4.87. The molecule has 0 spiro atoms. The molecule has 1 N–H and O–H groups in total. The highest BCUT2D eigenvalue weighted by Gasteiger charge is 2.32. The van der Waals surface area contributed by atoms with Gasteiger partial charge in [-0.2, -0.15) is 0 Å². The SMILES string of the molecule is Cc1cc(F)ccc1[C@@H]1C(=O)NCCN1CCN1CCO[C@H](C)C1. The molecular weight excluding hydrogens is 309 g/mol. The Kier molecular flexibility index (Phi) is 5.48. The number of carbonyl (C=O) groups excluding carboxylic acids is 1. The lowest BCUT2D eigenvalue weighted by molar-refractivity contribution is -0.129. The van der Waals surface area contributed by atoms with Gasteiger partial charge in [-0.15, -0.1) is 0 Å². The fourth-order valence-electron chi connectivity index (χ4n) is 3.60. The lowest BCUT2D eigenvalue weighted by atomic mass is 9.97. The van der Waals surface area contributed by atoms with Gasteiger partial charge in [0.1, 0.15) is 11.9 Å². The van der Waals surface area contributed by atoms with E-state index < -0.39 is 0 Å². The number of amides is 1. The van der Waals surface area contributed by atoms with E-state index in [1.54, 1.807) is 6.07 Å². The predicted octanol–water partition coefficient (Wildman–Crippen LogP) is 1.33. The van der Waals surface area contributed by atoms with Crippen LogP contribution in [0.5, 0.6) is 0 Å². The number of ether oxygens (including phenoxy) is 1. The van der Waals surface area contributed by atoms with E-state index in [0.717, 1.165) is 50.5 Å². The van der Waals surface area contributed by atoms with Crippen LogP contribution in [-0.2, 0) is 9.53 Å². The Morgan fingerprint density at radius 1 is 1.33 bits per heavy atom. The van der Waals surface area contributed by atoms with Crippen LogP contribution in [0.2, 0.25) is 0 Å². The van der Waals surface area contributed by atoms with Crippen molar-refractivity contribution in [3.8, 4) is 0 Å². The van der Waals surface area contributed by atoms with E-state index in [9.17, 15) is 9.18 Å². The van der Waals surface area contributed by atoms with Crippen molar-refractivity contribution in [3.63, 3.8) is 0 Å². The van der Waals surface area contributed by atoms with Crippen LogP contribution >= 0.6 is 0 Å². The zero-order valence-electron chi connectivity index (χ0n) is 14.4. The van der Waals surface area contributed by atoms with Gasteiger partial charge in [0.25, 0.3) is 0 Å². The third kappa shape index (κ3) is 3.94. The summed E-state index contributed by atoms with van der Waals surface area (Å²) in [4.78, 5) is 17.1. The molecule has 24 heavy (non-hydrogen) atoms. The van der Waals surface area contributed by atoms with E-state index in [4.69, 9.17) is 4.74 Å². The fourth-order valence-corrected chi connectivity index (χ4v) is 3.60. The Morgan fingerprint density at radius 2 is 2.17 bits per heavy atom. The number of aryl methyl sites for hydroxylation is 1. The van der Waals surface area contributed by atoms with E-state index >= 15 is 0 Å². The maximum Gasteiger partial charge on any atom is 0.242 e. The molecule has 2 saturated heterocycles. The maximum atomic E-state index is 13.4. The molecule has 0 aromatic heterocycles. The first-order valence-electron chi connectivity index (χ1n) is 8.66. The molecule has 2 heterocycles. The van der Waals surface area contributed by atoms with Crippen LogP contribution in [-0.4, -0.2) is 67.7 Å². The molecule has 3 rings (SSSR count). The average Bonchev–Trinajstić information content (AvgIpc) is 2.54. The van der Waals surface area contributed by atoms with E-state index in [-0.39, 0.29) is 23.9 Å². The highest BCUT2D eigenvalue weighted by molar-refractivity contribution is 5.84. The topological polar surface area (TPSA) is 44.8 Å². The molecule has 6 heteroatoms. The van der Waals surface area contributed by atoms with Gasteiger partial charge in [-0.3, -0.25) is 14.6 Å². The van der Waals surface area contributed by atoms with Crippen LogP contribution in [0.3, 0.4) is 0 Å². The van der Waals surface area contributed by atoms with Crippen molar-refractivity contribution in [2.75, 3.05) is 45.9 Å². The van der Waals surface area contributed by atoms with Gasteiger partial charge in [0.15, 0.2) is 0 Å². The van der Waals surface area contributed by atoms with Crippen molar-refractivity contribution in [2.24, 2.45) is 0 Å². The molecule has 2 aliphatic rings. The average molecular weight is 335 g/mol. The molecule has 0 aliphatic carbocycles. The molecular formula is C18H26FN3O2. The van der Waals surface area contributed by atoms with Gasteiger partial charge in [-0.1, -0.05) is 6.07 Å². The third-order valence-corrected chi connectivity index (χ3v) is 4.87. The van der Waals surface area contributed by atoms with Crippen molar-refractivity contribution in [2.45, 2.75) is 26.0 Å². The molecule has 2 atom stereocenters. The Balaban J connectivity index is 1.71. The lowest BCUT2D eigenvalue weighted by Crippen LogP contribution is -2.53. The number of carbonyl (C=O) groups is 1. The summed E-state index contributed by atoms with van der Waals surface area (Å²) in [5.74, 6) is -0.257. The minimum atomic E-state index is -0.335. The van der Waals surface area contributed by atoms with E-state index in [0.29, 0.717) is 6.54 Å². The van der Waals surface area contributed by atoms with E-state index in [2.05, 4.69) is 22.0 Å². The minimum Gasteiger partial charge on any atom is -0.376 e. The number of halogens is 1. The standard InChI is InChI=1S/C18H26FN3O2/c1-13-11-15(19)3-4-16(13)17-18(23)20-5-6-22(17)8-7-21-9-10-24-14(2)12-21/h3-4,11,14,17H,5-10,12H2,1-2H3,(H,20,23)/t14-,17-/m1/s1. The molecule has 0 saturated carbocycles. The van der Waals surface area contributed by atoms with Gasteiger partial charge < -0.3 is 10.1 Å². The summed E-state index contributed by atoms with van der Waals surface area (Å²) in [6, 6.07) is 4.34. The van der Waals surface area contributed by atoms with Gasteiger partial charge >= 0.3 is 0 Å². The summed E-state index contributed by atoms with van der Waals surface area (Å²) < 4.78 is 19.0. The second-order valence-electron chi connectivity index (χ2n) is 6.71. The molecule has 5 nitrogen and oxygen atoms in total. The van der Waals surface area contributed by atoms with Crippen molar-refractivity contribution >= 4 is 5.91 Å². The molecule has 1 aromatic carbocycles. The largest absolute Gasteiger partial charge is 0.376 e. The number of nitrogens with one attached hydrogen (secondary N) is 1. The molecule has 2 aliphatic heterocycles. The molecule has 1 aromatic rings. The highest BCUT2D eigenvalue weighted by atomic mass is 19.1.